The summed E-state index contributed by atoms with van der Waals surface area (Å²) in [4.78, 5) is 4.25. The van der Waals surface area contributed by atoms with Crippen molar-refractivity contribution in [3.05, 3.63) is 18.3 Å². The number of aromatic nitrogens is 1. The van der Waals surface area contributed by atoms with Gasteiger partial charge in [0, 0.05) is 25.4 Å². The average molecular weight is 285 g/mol. The molecule has 1 aromatic rings. The Morgan fingerprint density at radius 2 is 1.95 bits per heavy atom. The average Bonchev–Trinajstić information content (AvgIpc) is 2.36. The zero-order valence-electron chi connectivity index (χ0n) is 12.0. The fourth-order valence-corrected chi connectivity index (χ4v) is 2.98. The number of hydrogen-bond donors (Lipinski definition) is 2. The number of rotatable bonds is 7. The van der Waals surface area contributed by atoms with Crippen LogP contribution in [0.5, 0.6) is 0 Å². The molecule has 0 aliphatic carbocycles. The van der Waals surface area contributed by atoms with E-state index in [1.54, 1.807) is 7.05 Å². The van der Waals surface area contributed by atoms with E-state index in [4.69, 9.17) is 0 Å². The third kappa shape index (κ3) is 5.16. The van der Waals surface area contributed by atoms with Crippen LogP contribution in [0.1, 0.15) is 33.6 Å². The number of hydrogen-bond acceptors (Lipinski definition) is 4. The Kier molecular flexibility index (Phi) is 5.75. The Bertz CT molecular complexity index is 500. The molecule has 0 aromatic carbocycles. The second kappa shape index (κ2) is 6.86. The molecule has 1 unspecified atom stereocenters. The van der Waals surface area contributed by atoms with E-state index in [2.05, 4.69) is 28.9 Å². The highest BCUT2D eigenvalue weighted by Gasteiger charge is 2.17. The van der Waals surface area contributed by atoms with Crippen LogP contribution in [0, 0.1) is 5.92 Å². The van der Waals surface area contributed by atoms with Crippen molar-refractivity contribution in [1.29, 1.82) is 0 Å². The molecule has 0 radical (unpaired) electrons. The number of sulfonamides is 1. The van der Waals surface area contributed by atoms with Crippen LogP contribution in [0.25, 0.3) is 0 Å². The third-order valence-corrected chi connectivity index (χ3v) is 4.42. The molecule has 1 rings (SSSR count). The second-order valence-corrected chi connectivity index (χ2v) is 6.83. The fraction of sp³-hybridized carbons (Fsp3) is 0.615. The molecule has 2 N–H and O–H groups in total. The van der Waals surface area contributed by atoms with Gasteiger partial charge in [-0.3, -0.25) is 0 Å². The van der Waals surface area contributed by atoms with E-state index in [1.807, 2.05) is 6.92 Å². The van der Waals surface area contributed by atoms with Crippen LogP contribution in [0.4, 0.5) is 5.82 Å². The molecule has 1 atom stereocenters. The van der Waals surface area contributed by atoms with Gasteiger partial charge in [-0.1, -0.05) is 13.8 Å². The molecule has 108 valence electrons. The molecule has 0 aliphatic heterocycles. The Balaban J connectivity index is 2.74. The molecule has 1 aromatic heterocycles. The van der Waals surface area contributed by atoms with Crippen LogP contribution in [0.2, 0.25) is 0 Å². The number of nitrogens with one attached hydrogen (secondary N) is 2. The topological polar surface area (TPSA) is 71.1 Å². The van der Waals surface area contributed by atoms with Gasteiger partial charge in [0.05, 0.1) is 4.90 Å². The Hall–Kier alpha value is -1.14. The molecule has 0 saturated carbocycles. The first-order chi connectivity index (χ1) is 8.85. The molecule has 0 saturated heterocycles. The summed E-state index contributed by atoms with van der Waals surface area (Å²) in [6, 6.07) is 2.95. The Labute approximate surface area is 115 Å². The summed E-state index contributed by atoms with van der Waals surface area (Å²) < 4.78 is 27.1. The molecule has 5 nitrogen and oxygen atoms in total. The van der Waals surface area contributed by atoms with Crippen LogP contribution in [0.3, 0.4) is 0 Å². The highest BCUT2D eigenvalue weighted by molar-refractivity contribution is 7.89. The summed E-state index contributed by atoms with van der Waals surface area (Å²) >= 11 is 0. The minimum atomic E-state index is -3.47. The lowest BCUT2D eigenvalue weighted by Gasteiger charge is -2.15. The van der Waals surface area contributed by atoms with Gasteiger partial charge in [-0.15, -0.1) is 0 Å². The number of anilines is 1. The van der Waals surface area contributed by atoms with E-state index in [1.165, 1.54) is 18.3 Å². The van der Waals surface area contributed by atoms with Crippen molar-refractivity contribution in [2.75, 3.05) is 12.4 Å². The van der Waals surface area contributed by atoms with Crippen LogP contribution < -0.4 is 10.0 Å². The maximum atomic E-state index is 12.2. The lowest BCUT2D eigenvalue weighted by molar-refractivity contribution is 0.485. The van der Waals surface area contributed by atoms with E-state index >= 15 is 0 Å². The van der Waals surface area contributed by atoms with E-state index in [-0.39, 0.29) is 10.9 Å². The highest BCUT2D eigenvalue weighted by atomic mass is 32.2. The van der Waals surface area contributed by atoms with E-state index in [9.17, 15) is 8.42 Å². The summed E-state index contributed by atoms with van der Waals surface area (Å²) in [7, 11) is -1.76. The molecular formula is C13H23N3O2S. The molecule has 0 fully saturated rings. The Morgan fingerprint density at radius 1 is 1.26 bits per heavy atom. The van der Waals surface area contributed by atoms with Crippen molar-refractivity contribution in [1.82, 2.24) is 9.71 Å². The Morgan fingerprint density at radius 3 is 2.53 bits per heavy atom. The minimum Gasteiger partial charge on any atom is -0.373 e. The molecule has 0 amide bonds. The normalized spacial score (nSPS) is 13.5. The van der Waals surface area contributed by atoms with Gasteiger partial charge in [0.2, 0.25) is 10.0 Å². The van der Waals surface area contributed by atoms with Gasteiger partial charge in [0.15, 0.2) is 0 Å². The molecule has 6 heteroatoms. The lowest BCUT2D eigenvalue weighted by atomic mass is 10.1. The monoisotopic (exact) mass is 285 g/mol. The van der Waals surface area contributed by atoms with E-state index in [0.29, 0.717) is 11.7 Å². The van der Waals surface area contributed by atoms with Gasteiger partial charge in [-0.05, 0) is 31.7 Å². The highest BCUT2D eigenvalue weighted by Crippen LogP contribution is 2.14. The summed E-state index contributed by atoms with van der Waals surface area (Å²) in [6.45, 7) is 6.15. The molecule has 19 heavy (non-hydrogen) atoms. The van der Waals surface area contributed by atoms with Gasteiger partial charge in [-0.25, -0.2) is 18.1 Å². The van der Waals surface area contributed by atoms with Gasteiger partial charge < -0.3 is 5.32 Å². The first-order valence-corrected chi connectivity index (χ1v) is 7.99. The zero-order valence-corrected chi connectivity index (χ0v) is 12.8. The van der Waals surface area contributed by atoms with Crippen molar-refractivity contribution in [3.8, 4) is 0 Å². The van der Waals surface area contributed by atoms with Gasteiger partial charge >= 0.3 is 0 Å². The largest absolute Gasteiger partial charge is 0.373 e. The smallest absolute Gasteiger partial charge is 0.240 e. The van der Waals surface area contributed by atoms with Crippen molar-refractivity contribution >= 4 is 15.8 Å². The van der Waals surface area contributed by atoms with Gasteiger partial charge in [0.25, 0.3) is 0 Å². The molecule has 0 aliphatic rings. The second-order valence-electron chi connectivity index (χ2n) is 5.12. The number of pyridine rings is 1. The summed E-state index contributed by atoms with van der Waals surface area (Å²) in [5.41, 5.74) is 0. The molecule has 0 spiro atoms. The predicted octanol–water partition coefficient (Wildman–Crippen LogP) is 2.23. The first kappa shape index (κ1) is 15.9. The fourth-order valence-electron chi connectivity index (χ4n) is 1.69. The van der Waals surface area contributed by atoms with E-state index < -0.39 is 10.0 Å². The first-order valence-electron chi connectivity index (χ1n) is 6.51. The lowest BCUT2D eigenvalue weighted by Crippen LogP contribution is -2.32. The molecule has 0 bridgehead atoms. The summed E-state index contributed by atoms with van der Waals surface area (Å²) in [5, 5.41) is 2.83. The van der Waals surface area contributed by atoms with Crippen LogP contribution in [-0.2, 0) is 10.0 Å². The van der Waals surface area contributed by atoms with Crippen molar-refractivity contribution < 1.29 is 8.42 Å². The zero-order chi connectivity index (χ0) is 14.5. The quantitative estimate of drug-likeness (QED) is 0.806. The van der Waals surface area contributed by atoms with Gasteiger partial charge in [-0.2, -0.15) is 0 Å². The standard InChI is InChI=1S/C13H23N3O2S/c1-10(2)5-6-11(3)16-19(17,18)12-7-8-15-13(9-12)14-4/h7-11,16H,5-6H2,1-4H3,(H,14,15). The number of nitrogens with zero attached hydrogens (tertiary/aromatic N) is 1. The summed E-state index contributed by atoms with van der Waals surface area (Å²) in [6.07, 6.45) is 3.32. The predicted molar refractivity (Wildman–Crippen MR) is 77.6 cm³/mol. The summed E-state index contributed by atoms with van der Waals surface area (Å²) in [5.74, 6) is 1.11. The maximum absolute atomic E-state index is 12.2. The van der Waals surface area contributed by atoms with E-state index in [0.717, 1.165) is 12.8 Å². The SMILES string of the molecule is CNc1cc(S(=O)(=O)NC(C)CCC(C)C)ccn1. The van der Waals surface area contributed by atoms with Crippen molar-refractivity contribution in [2.24, 2.45) is 5.92 Å². The molecule has 1 heterocycles. The third-order valence-electron chi connectivity index (χ3n) is 2.83. The van der Waals surface area contributed by atoms with Crippen molar-refractivity contribution in [2.45, 2.75) is 44.6 Å². The van der Waals surface area contributed by atoms with Crippen LogP contribution in [0.15, 0.2) is 23.2 Å². The minimum absolute atomic E-state index is 0.0707. The maximum Gasteiger partial charge on any atom is 0.240 e. The van der Waals surface area contributed by atoms with Crippen molar-refractivity contribution in [3.63, 3.8) is 0 Å². The van der Waals surface area contributed by atoms with Crippen LogP contribution in [-0.4, -0.2) is 26.5 Å². The molecular weight excluding hydrogens is 262 g/mol. The van der Waals surface area contributed by atoms with Gasteiger partial charge in [0.1, 0.15) is 5.82 Å². The van der Waals surface area contributed by atoms with Crippen LogP contribution >= 0.6 is 0 Å².